The number of carbonyl (C=O) groups excluding carboxylic acids is 1. The van der Waals surface area contributed by atoms with Gasteiger partial charge < -0.3 is 15.1 Å². The van der Waals surface area contributed by atoms with E-state index in [1.807, 2.05) is 36.1 Å². The average Bonchev–Trinajstić information content (AvgIpc) is 3.39. The summed E-state index contributed by atoms with van der Waals surface area (Å²) in [5.41, 5.74) is 2.55. The van der Waals surface area contributed by atoms with E-state index in [4.69, 9.17) is 0 Å². The Morgan fingerprint density at radius 1 is 1.09 bits per heavy atom. The molecule has 0 spiro atoms. The van der Waals surface area contributed by atoms with Crippen LogP contribution < -0.4 is 5.32 Å². The molecule has 32 heavy (non-hydrogen) atoms. The normalized spacial score (nSPS) is 21.8. The van der Waals surface area contributed by atoms with E-state index < -0.39 is 10.0 Å². The third-order valence-corrected chi connectivity index (χ3v) is 8.33. The number of sulfonamides is 1. The predicted molar refractivity (Wildman–Crippen MR) is 128 cm³/mol. The molecule has 174 valence electrons. The Morgan fingerprint density at radius 2 is 1.75 bits per heavy atom. The van der Waals surface area contributed by atoms with Crippen LogP contribution in [0.4, 0.5) is 0 Å². The van der Waals surface area contributed by atoms with Crippen molar-refractivity contribution in [3.8, 4) is 0 Å². The second-order valence-corrected chi connectivity index (χ2v) is 10.5. The highest BCUT2D eigenvalue weighted by molar-refractivity contribution is 8.00. The van der Waals surface area contributed by atoms with Crippen molar-refractivity contribution in [2.45, 2.75) is 46.0 Å². The van der Waals surface area contributed by atoms with E-state index in [1.165, 1.54) is 18.4 Å². The number of piperidine rings is 1. The lowest BCUT2D eigenvalue weighted by atomic mass is 9.95. The van der Waals surface area contributed by atoms with Gasteiger partial charge >= 0.3 is 0 Å². The molecule has 0 unspecified atom stereocenters. The minimum atomic E-state index is -3.72. The van der Waals surface area contributed by atoms with Gasteiger partial charge in [-0.25, -0.2) is 0 Å². The first-order chi connectivity index (χ1) is 15.4. The third-order valence-electron chi connectivity index (χ3n) is 6.86. The number of amides is 1. The minimum absolute atomic E-state index is 0.0196. The molecule has 0 bridgehead atoms. The maximum atomic E-state index is 12.8. The van der Waals surface area contributed by atoms with Crippen LogP contribution in [0, 0.1) is 5.92 Å². The quantitative estimate of drug-likeness (QED) is 0.709. The highest BCUT2D eigenvalue weighted by atomic mass is 32.2. The van der Waals surface area contributed by atoms with Crippen LogP contribution in [0.1, 0.15) is 50.7 Å². The van der Waals surface area contributed by atoms with E-state index in [2.05, 4.69) is 21.5 Å². The average molecular weight is 459 g/mol. The van der Waals surface area contributed by atoms with Crippen molar-refractivity contribution in [2.24, 2.45) is 10.3 Å². The molecular formula is C24H34N4O3S. The van der Waals surface area contributed by atoms with E-state index in [9.17, 15) is 13.2 Å². The van der Waals surface area contributed by atoms with E-state index in [1.54, 1.807) is 0 Å². The molecule has 0 atom stereocenters. The van der Waals surface area contributed by atoms with Crippen LogP contribution >= 0.6 is 0 Å². The summed E-state index contributed by atoms with van der Waals surface area (Å²) in [4.78, 5) is 17.3. The summed E-state index contributed by atoms with van der Waals surface area (Å²) in [7, 11) is -3.72. The van der Waals surface area contributed by atoms with E-state index in [0.29, 0.717) is 54.4 Å². The van der Waals surface area contributed by atoms with Crippen LogP contribution in [0.5, 0.6) is 0 Å². The highest BCUT2D eigenvalue weighted by Gasteiger charge is 2.35. The summed E-state index contributed by atoms with van der Waals surface area (Å²) in [5.74, 6) is 0.634. The summed E-state index contributed by atoms with van der Waals surface area (Å²) in [6.45, 7) is 9.08. The van der Waals surface area contributed by atoms with Crippen molar-refractivity contribution >= 4 is 26.7 Å². The Balaban J connectivity index is 1.36. The molecule has 0 aliphatic carbocycles. The number of nitrogens with zero attached hydrogens (tertiary/aromatic N) is 3. The number of aryl methyl sites for hydroxylation is 1. The Kier molecular flexibility index (Phi) is 7.00. The second-order valence-electron chi connectivity index (χ2n) is 9.00. The van der Waals surface area contributed by atoms with Gasteiger partial charge in [-0.05, 0) is 63.2 Å². The van der Waals surface area contributed by atoms with E-state index in [-0.39, 0.29) is 11.8 Å². The lowest BCUT2D eigenvalue weighted by Gasteiger charge is -2.33. The Bertz CT molecular complexity index is 1000. The first kappa shape index (κ1) is 23.0. The van der Waals surface area contributed by atoms with Gasteiger partial charge in [0.25, 0.3) is 10.0 Å². The molecule has 0 saturated carbocycles. The number of amidine groups is 1. The zero-order chi connectivity index (χ0) is 22.7. The fraction of sp³-hybridized carbons (Fsp3) is 0.583. The van der Waals surface area contributed by atoms with Crippen LogP contribution in [0.25, 0.3) is 4.91 Å². The van der Waals surface area contributed by atoms with Crippen molar-refractivity contribution in [3.05, 3.63) is 41.0 Å². The molecule has 2 fully saturated rings. The molecule has 1 aromatic carbocycles. The van der Waals surface area contributed by atoms with Crippen molar-refractivity contribution in [1.29, 1.82) is 0 Å². The van der Waals surface area contributed by atoms with Crippen LogP contribution in [-0.2, 0) is 21.2 Å². The molecule has 2 saturated heterocycles. The Labute approximate surface area is 191 Å². The van der Waals surface area contributed by atoms with Crippen LogP contribution in [0.3, 0.4) is 0 Å². The molecular weight excluding hydrogens is 424 g/mol. The van der Waals surface area contributed by atoms with Crippen molar-refractivity contribution in [2.75, 3.05) is 39.3 Å². The largest absolute Gasteiger partial charge is 0.356 e. The summed E-state index contributed by atoms with van der Waals surface area (Å²) in [6, 6.07) is 7.67. The number of nitrogens with one attached hydrogen (secondary N) is 1. The Hall–Kier alpha value is -2.19. The van der Waals surface area contributed by atoms with Gasteiger partial charge in [0, 0.05) is 37.7 Å². The van der Waals surface area contributed by atoms with Crippen molar-refractivity contribution < 1.29 is 13.2 Å². The molecule has 1 amide bonds. The number of hydrogen-bond donors (Lipinski definition) is 1. The fourth-order valence-electron chi connectivity index (χ4n) is 4.92. The van der Waals surface area contributed by atoms with Crippen LogP contribution in [-0.4, -0.2) is 69.2 Å². The van der Waals surface area contributed by atoms with Gasteiger partial charge in [-0.2, -0.15) is 8.42 Å². The summed E-state index contributed by atoms with van der Waals surface area (Å²) < 4.78 is 29.8. The first-order valence-corrected chi connectivity index (χ1v) is 13.2. The molecule has 1 N–H and O–H groups in total. The van der Waals surface area contributed by atoms with E-state index in [0.717, 1.165) is 26.1 Å². The van der Waals surface area contributed by atoms with Crippen LogP contribution in [0.15, 0.2) is 34.2 Å². The number of benzene rings is 1. The molecule has 3 aliphatic heterocycles. The lowest BCUT2D eigenvalue weighted by Crippen LogP contribution is -2.44. The van der Waals surface area contributed by atoms with Crippen molar-refractivity contribution in [3.63, 3.8) is 0 Å². The SMILES string of the molecule is CCc1ccc(C2=C(C)C(N3CCC(C(=O)NCCN4CCCC4)CC3)=NS2(=O)=O)cc1. The van der Waals surface area contributed by atoms with Gasteiger partial charge in [-0.15, -0.1) is 4.40 Å². The molecule has 0 radical (unpaired) electrons. The zero-order valence-corrected chi connectivity index (χ0v) is 20.0. The number of likely N-dealkylation sites (tertiary alicyclic amines) is 2. The summed E-state index contributed by atoms with van der Waals surface area (Å²) >= 11 is 0. The van der Waals surface area contributed by atoms with Gasteiger partial charge in [0.1, 0.15) is 10.7 Å². The first-order valence-electron chi connectivity index (χ1n) is 11.8. The second kappa shape index (κ2) is 9.75. The molecule has 4 rings (SSSR count). The monoisotopic (exact) mass is 458 g/mol. The molecule has 3 aliphatic rings. The fourth-order valence-corrected chi connectivity index (χ4v) is 6.40. The third kappa shape index (κ3) is 4.91. The molecule has 8 heteroatoms. The van der Waals surface area contributed by atoms with Gasteiger partial charge in [-0.1, -0.05) is 31.2 Å². The minimum Gasteiger partial charge on any atom is -0.356 e. The Morgan fingerprint density at radius 3 is 2.38 bits per heavy atom. The molecule has 3 heterocycles. The number of carbonyl (C=O) groups is 1. The number of hydrogen-bond acceptors (Lipinski definition) is 5. The summed E-state index contributed by atoms with van der Waals surface area (Å²) in [5, 5.41) is 3.09. The maximum Gasteiger partial charge on any atom is 0.285 e. The van der Waals surface area contributed by atoms with Crippen LogP contribution in [0.2, 0.25) is 0 Å². The molecule has 1 aromatic rings. The van der Waals surface area contributed by atoms with Gasteiger partial charge in [0.15, 0.2) is 0 Å². The molecule has 0 aromatic heterocycles. The maximum absolute atomic E-state index is 12.8. The summed E-state index contributed by atoms with van der Waals surface area (Å²) in [6.07, 6.45) is 4.84. The predicted octanol–water partition coefficient (Wildman–Crippen LogP) is 2.65. The van der Waals surface area contributed by atoms with Gasteiger partial charge in [0.2, 0.25) is 5.91 Å². The van der Waals surface area contributed by atoms with Crippen molar-refractivity contribution in [1.82, 2.24) is 15.1 Å². The van der Waals surface area contributed by atoms with Gasteiger partial charge in [0.05, 0.1) is 0 Å². The smallest absolute Gasteiger partial charge is 0.285 e. The van der Waals surface area contributed by atoms with E-state index >= 15 is 0 Å². The molecule has 7 nitrogen and oxygen atoms in total. The highest BCUT2D eigenvalue weighted by Crippen LogP contribution is 2.34. The topological polar surface area (TPSA) is 82.1 Å². The standard InChI is InChI=1S/C24H34N4O3S/c1-3-19-6-8-20(9-7-19)22-18(2)23(26-32(22,30)31)28-15-10-21(11-16-28)24(29)25-12-17-27-13-4-5-14-27/h6-9,21H,3-5,10-17H2,1-2H3,(H,25,29). The zero-order valence-electron chi connectivity index (χ0n) is 19.1. The number of rotatable bonds is 6. The lowest BCUT2D eigenvalue weighted by molar-refractivity contribution is -0.126. The van der Waals surface area contributed by atoms with Gasteiger partial charge in [-0.3, -0.25) is 4.79 Å².